The van der Waals surface area contributed by atoms with Crippen LogP contribution in [0.4, 0.5) is 0 Å². The second-order valence-corrected chi connectivity index (χ2v) is 7.30. The monoisotopic (exact) mass is 331 g/mol. The van der Waals surface area contributed by atoms with Crippen LogP contribution in [0.5, 0.6) is 5.75 Å². The first kappa shape index (κ1) is 17.2. The van der Waals surface area contributed by atoms with Gasteiger partial charge in [0.1, 0.15) is 11.8 Å². The molecule has 3 rings (SSSR count). The molecular formula is C19H29N3O2. The summed E-state index contributed by atoms with van der Waals surface area (Å²) in [7, 11) is 0. The summed E-state index contributed by atoms with van der Waals surface area (Å²) >= 11 is 0. The van der Waals surface area contributed by atoms with E-state index in [1.54, 1.807) is 12.1 Å². The molecule has 2 N–H and O–H groups in total. The minimum absolute atomic E-state index is 0.182. The highest BCUT2D eigenvalue weighted by Gasteiger charge is 2.36. The van der Waals surface area contributed by atoms with Crippen LogP contribution in [0.3, 0.4) is 0 Å². The Balaban J connectivity index is 1.87. The summed E-state index contributed by atoms with van der Waals surface area (Å²) in [4.78, 5) is 17.6. The van der Waals surface area contributed by atoms with Crippen LogP contribution in [0, 0.1) is 5.92 Å². The number of phenols is 1. The number of carbonyl (C=O) groups is 1. The second-order valence-electron chi connectivity index (χ2n) is 7.30. The number of aromatic hydroxyl groups is 1. The topological polar surface area (TPSA) is 55.8 Å². The van der Waals surface area contributed by atoms with E-state index in [4.69, 9.17) is 0 Å². The predicted molar refractivity (Wildman–Crippen MR) is 94.9 cm³/mol. The van der Waals surface area contributed by atoms with Gasteiger partial charge in [0.05, 0.1) is 0 Å². The lowest BCUT2D eigenvalue weighted by molar-refractivity contribution is -0.140. The highest BCUT2D eigenvalue weighted by atomic mass is 16.3. The Morgan fingerprint density at radius 2 is 2.00 bits per heavy atom. The normalized spacial score (nSPS) is 24.8. The molecule has 0 aliphatic carbocycles. The molecule has 2 fully saturated rings. The number of nitrogens with zero attached hydrogens (tertiary/aromatic N) is 2. The van der Waals surface area contributed by atoms with E-state index in [0.29, 0.717) is 12.0 Å². The molecule has 0 bridgehead atoms. The zero-order valence-electron chi connectivity index (χ0n) is 14.7. The van der Waals surface area contributed by atoms with E-state index < -0.39 is 0 Å². The SMILES string of the molecule is CC1CCN(C(=O)C(c2cccc(O)c2)N2CCNCC2C)CC1. The van der Waals surface area contributed by atoms with Crippen molar-refractivity contribution < 1.29 is 9.90 Å². The zero-order valence-corrected chi connectivity index (χ0v) is 14.7. The fourth-order valence-electron chi connectivity index (χ4n) is 3.81. The summed E-state index contributed by atoms with van der Waals surface area (Å²) in [5, 5.41) is 13.3. The Labute approximate surface area is 144 Å². The maximum Gasteiger partial charge on any atom is 0.244 e. The smallest absolute Gasteiger partial charge is 0.244 e. The van der Waals surface area contributed by atoms with Crippen molar-refractivity contribution in [1.82, 2.24) is 15.1 Å². The molecule has 2 atom stereocenters. The number of hydrogen-bond acceptors (Lipinski definition) is 4. The predicted octanol–water partition coefficient (Wildman–Crippen LogP) is 1.99. The van der Waals surface area contributed by atoms with Crippen molar-refractivity contribution in [3.63, 3.8) is 0 Å². The fourth-order valence-corrected chi connectivity index (χ4v) is 3.81. The number of phenolic OH excluding ortho intramolecular Hbond substituents is 1. The van der Waals surface area contributed by atoms with Crippen LogP contribution in [-0.4, -0.2) is 59.6 Å². The molecule has 0 saturated carbocycles. The van der Waals surface area contributed by atoms with Crippen LogP contribution >= 0.6 is 0 Å². The highest BCUT2D eigenvalue weighted by Crippen LogP contribution is 2.30. The van der Waals surface area contributed by atoms with Gasteiger partial charge in [0.2, 0.25) is 5.91 Å². The summed E-state index contributed by atoms with van der Waals surface area (Å²) < 4.78 is 0. The first-order valence-corrected chi connectivity index (χ1v) is 9.10. The number of piperidine rings is 1. The first-order chi connectivity index (χ1) is 11.6. The third kappa shape index (κ3) is 3.73. The van der Waals surface area contributed by atoms with Gasteiger partial charge < -0.3 is 15.3 Å². The van der Waals surface area contributed by atoms with Crippen molar-refractivity contribution in [1.29, 1.82) is 0 Å². The Morgan fingerprint density at radius 1 is 1.25 bits per heavy atom. The minimum atomic E-state index is -0.303. The van der Waals surface area contributed by atoms with Gasteiger partial charge in [0.15, 0.2) is 0 Å². The standard InChI is InChI=1S/C19H29N3O2/c1-14-6-9-21(10-7-14)19(24)18(16-4-3-5-17(23)12-16)22-11-8-20-13-15(22)2/h3-5,12,14-15,18,20,23H,6-11,13H2,1-2H3. The molecule has 2 unspecified atom stereocenters. The molecule has 24 heavy (non-hydrogen) atoms. The van der Waals surface area contributed by atoms with Crippen LogP contribution in [0.25, 0.3) is 0 Å². The summed E-state index contributed by atoms with van der Waals surface area (Å²) in [6, 6.07) is 7.18. The Kier molecular flexibility index (Phi) is 5.41. The van der Waals surface area contributed by atoms with Gasteiger partial charge in [-0.2, -0.15) is 0 Å². The van der Waals surface area contributed by atoms with Crippen LogP contribution in [0.2, 0.25) is 0 Å². The van der Waals surface area contributed by atoms with Gasteiger partial charge in [-0.05, 0) is 43.4 Å². The number of rotatable bonds is 3. The van der Waals surface area contributed by atoms with E-state index in [-0.39, 0.29) is 17.7 Å². The van der Waals surface area contributed by atoms with E-state index in [1.807, 2.05) is 17.0 Å². The number of piperazine rings is 1. The summed E-state index contributed by atoms with van der Waals surface area (Å²) in [5.74, 6) is 1.10. The Morgan fingerprint density at radius 3 is 2.67 bits per heavy atom. The second kappa shape index (κ2) is 7.53. The highest BCUT2D eigenvalue weighted by molar-refractivity contribution is 5.83. The maximum atomic E-state index is 13.3. The van der Waals surface area contributed by atoms with Gasteiger partial charge in [-0.3, -0.25) is 9.69 Å². The van der Waals surface area contributed by atoms with Gasteiger partial charge in [0.25, 0.3) is 0 Å². The van der Waals surface area contributed by atoms with Crippen molar-refractivity contribution in [2.45, 2.75) is 38.8 Å². The van der Waals surface area contributed by atoms with E-state index in [1.165, 1.54) is 0 Å². The molecule has 1 amide bonds. The van der Waals surface area contributed by atoms with Crippen molar-refractivity contribution in [3.05, 3.63) is 29.8 Å². The molecule has 0 radical (unpaired) electrons. The molecule has 132 valence electrons. The van der Waals surface area contributed by atoms with Crippen molar-refractivity contribution in [2.75, 3.05) is 32.7 Å². The average Bonchev–Trinajstić information content (AvgIpc) is 2.57. The van der Waals surface area contributed by atoms with Crippen LogP contribution in [-0.2, 0) is 4.79 Å². The van der Waals surface area contributed by atoms with Crippen LogP contribution in [0.15, 0.2) is 24.3 Å². The molecule has 1 aromatic carbocycles. The molecule has 2 aliphatic rings. The largest absolute Gasteiger partial charge is 0.508 e. The number of hydrogen-bond donors (Lipinski definition) is 2. The molecule has 1 aromatic rings. The van der Waals surface area contributed by atoms with Gasteiger partial charge in [-0.15, -0.1) is 0 Å². The molecule has 2 saturated heterocycles. The van der Waals surface area contributed by atoms with E-state index in [9.17, 15) is 9.90 Å². The molecular weight excluding hydrogens is 302 g/mol. The van der Waals surface area contributed by atoms with E-state index >= 15 is 0 Å². The van der Waals surface area contributed by atoms with Gasteiger partial charge >= 0.3 is 0 Å². The quantitative estimate of drug-likeness (QED) is 0.889. The lowest BCUT2D eigenvalue weighted by Gasteiger charge is -2.42. The summed E-state index contributed by atoms with van der Waals surface area (Å²) in [5.41, 5.74) is 0.896. The molecule has 2 aliphatic heterocycles. The Hall–Kier alpha value is -1.59. The number of amides is 1. The summed E-state index contributed by atoms with van der Waals surface area (Å²) in [6.45, 7) is 8.73. The number of benzene rings is 1. The average molecular weight is 331 g/mol. The van der Waals surface area contributed by atoms with Crippen molar-refractivity contribution in [2.24, 2.45) is 5.92 Å². The van der Waals surface area contributed by atoms with Crippen LogP contribution in [0.1, 0.15) is 38.3 Å². The lowest BCUT2D eigenvalue weighted by atomic mass is 9.96. The molecule has 5 nitrogen and oxygen atoms in total. The minimum Gasteiger partial charge on any atom is -0.508 e. The van der Waals surface area contributed by atoms with E-state index in [2.05, 4.69) is 24.1 Å². The Bertz CT molecular complexity index is 569. The number of carbonyl (C=O) groups excluding carboxylic acids is 1. The van der Waals surface area contributed by atoms with Crippen LogP contribution < -0.4 is 5.32 Å². The lowest BCUT2D eigenvalue weighted by Crippen LogP contribution is -2.55. The third-order valence-electron chi connectivity index (χ3n) is 5.40. The molecule has 5 heteroatoms. The molecule has 2 heterocycles. The van der Waals surface area contributed by atoms with Gasteiger partial charge in [-0.25, -0.2) is 0 Å². The van der Waals surface area contributed by atoms with Gasteiger partial charge in [0, 0.05) is 38.8 Å². The number of nitrogens with one attached hydrogen (secondary N) is 1. The summed E-state index contributed by atoms with van der Waals surface area (Å²) in [6.07, 6.45) is 2.16. The van der Waals surface area contributed by atoms with Crippen molar-refractivity contribution >= 4 is 5.91 Å². The molecule has 0 aromatic heterocycles. The maximum absolute atomic E-state index is 13.3. The van der Waals surface area contributed by atoms with Gasteiger partial charge in [-0.1, -0.05) is 19.1 Å². The van der Waals surface area contributed by atoms with E-state index in [0.717, 1.165) is 51.1 Å². The third-order valence-corrected chi connectivity index (χ3v) is 5.40. The number of likely N-dealkylation sites (tertiary alicyclic amines) is 1. The molecule has 0 spiro atoms. The van der Waals surface area contributed by atoms with Crippen molar-refractivity contribution in [3.8, 4) is 5.75 Å². The fraction of sp³-hybridized carbons (Fsp3) is 0.632. The first-order valence-electron chi connectivity index (χ1n) is 9.10. The zero-order chi connectivity index (χ0) is 17.1.